The molecule has 0 spiro atoms. The molecule has 0 saturated heterocycles. The second kappa shape index (κ2) is 21.7. The van der Waals surface area contributed by atoms with Crippen LogP contribution < -0.4 is 5.32 Å². The highest BCUT2D eigenvalue weighted by molar-refractivity contribution is 6.15. The van der Waals surface area contributed by atoms with Crippen molar-refractivity contribution in [1.82, 2.24) is 5.32 Å². The summed E-state index contributed by atoms with van der Waals surface area (Å²) in [4.78, 5) is 0. The summed E-state index contributed by atoms with van der Waals surface area (Å²) in [6.07, 6.45) is 8.66. The quantitative estimate of drug-likeness (QED) is 0.0829. The first-order valence-corrected chi connectivity index (χ1v) is 17.6. The van der Waals surface area contributed by atoms with E-state index < -0.39 is 22.6 Å². The molecule has 0 heterocycles. The van der Waals surface area contributed by atoms with E-state index in [2.05, 4.69) is 19.2 Å². The topological polar surface area (TPSA) is 85.9 Å². The van der Waals surface area contributed by atoms with E-state index in [-0.39, 0.29) is 0 Å². The van der Waals surface area contributed by atoms with E-state index >= 15 is 0 Å². The molecule has 0 aromatic carbocycles. The fourth-order valence-electron chi connectivity index (χ4n) is 4.61. The third-order valence-corrected chi connectivity index (χ3v) is 8.98. The Kier molecular flexibility index (Phi) is 21.8. The van der Waals surface area contributed by atoms with Crippen molar-refractivity contribution in [2.24, 2.45) is 0 Å². The molecule has 2 unspecified atom stereocenters. The van der Waals surface area contributed by atoms with Crippen LogP contribution in [0, 0.1) is 0 Å². The zero-order chi connectivity index (χ0) is 29.7. The molecule has 0 amide bonds. The van der Waals surface area contributed by atoms with Gasteiger partial charge in [-0.3, -0.25) is 0 Å². The van der Waals surface area contributed by atoms with Gasteiger partial charge in [-0.15, -0.1) is 0 Å². The fourth-order valence-corrected chi connectivity index (χ4v) is 6.43. The van der Waals surface area contributed by atoms with Crippen molar-refractivity contribution < 1.29 is 37.9 Å². The number of hydrogen-bond donors (Lipinski definition) is 1. The summed E-state index contributed by atoms with van der Waals surface area (Å²) in [5, 5.41) is 3.52. The summed E-state index contributed by atoms with van der Waals surface area (Å²) < 4.78 is 51.5. The number of rotatable bonds is 28. The number of hydrogen-bond acceptors (Lipinski definition) is 9. The molecule has 0 aliphatic rings. The maximum Gasteiger partial charge on any atom is 0.283 e. The summed E-state index contributed by atoms with van der Waals surface area (Å²) in [6, 6.07) is 0. The van der Waals surface area contributed by atoms with Gasteiger partial charge in [-0.2, -0.15) is 0 Å². The third-order valence-electron chi connectivity index (χ3n) is 6.51. The van der Waals surface area contributed by atoms with Gasteiger partial charge in [0.1, 0.15) is 0 Å². The highest BCUT2D eigenvalue weighted by atomic mass is 28.2. The van der Waals surface area contributed by atoms with Gasteiger partial charge in [0.25, 0.3) is 11.8 Å². The lowest BCUT2D eigenvalue weighted by Crippen LogP contribution is -2.80. The Morgan fingerprint density at radius 1 is 0.410 bits per heavy atom. The van der Waals surface area contributed by atoms with E-state index in [1.807, 2.05) is 41.5 Å². The monoisotopic (exact) mass is 597 g/mol. The van der Waals surface area contributed by atoms with E-state index in [4.69, 9.17) is 37.9 Å². The molecule has 0 aliphatic heterocycles. The minimum absolute atomic E-state index is 0.345. The summed E-state index contributed by atoms with van der Waals surface area (Å²) in [5.41, 5.74) is -2.40. The maximum absolute atomic E-state index is 6.53. The van der Waals surface area contributed by atoms with Crippen molar-refractivity contribution in [3.8, 4) is 0 Å². The number of unbranched alkanes of at least 4 members (excludes halogenated alkanes) is 6. The van der Waals surface area contributed by atoms with Gasteiger partial charge in [0.2, 0.25) is 10.8 Å². The van der Waals surface area contributed by atoms with E-state index in [0.717, 1.165) is 51.4 Å². The third kappa shape index (κ3) is 12.1. The molecule has 0 aromatic rings. The van der Waals surface area contributed by atoms with Crippen LogP contribution >= 0.6 is 0 Å². The molecule has 39 heavy (non-hydrogen) atoms. The minimum Gasteiger partial charge on any atom is -0.349 e. The van der Waals surface area contributed by atoms with Gasteiger partial charge in [-0.25, -0.2) is 5.32 Å². The molecule has 236 valence electrons. The van der Waals surface area contributed by atoms with E-state index in [9.17, 15) is 0 Å². The Morgan fingerprint density at radius 3 is 0.974 bits per heavy atom. The molecule has 0 bridgehead atoms. The summed E-state index contributed by atoms with van der Waals surface area (Å²) in [7, 11) is 0.879. The number of ether oxygens (including phenoxy) is 8. The van der Waals surface area contributed by atoms with Crippen molar-refractivity contribution in [3.05, 3.63) is 0 Å². The highest BCUT2D eigenvalue weighted by Gasteiger charge is 2.63. The van der Waals surface area contributed by atoms with Crippen LogP contribution in [0.15, 0.2) is 0 Å². The van der Waals surface area contributed by atoms with Crippen LogP contribution in [0.3, 0.4) is 0 Å². The Bertz CT molecular complexity index is 532. The first-order valence-electron chi connectivity index (χ1n) is 15.6. The molecule has 0 aromatic heterocycles. The first kappa shape index (κ1) is 39.1. The molecule has 0 aliphatic carbocycles. The first-order chi connectivity index (χ1) is 18.7. The average molecular weight is 598 g/mol. The number of nitrogens with one attached hydrogen (secondary N) is 1. The van der Waals surface area contributed by atoms with Crippen LogP contribution in [0.2, 0.25) is 0 Å². The Hall–Kier alpha value is 0.0738. The Labute approximate surface area is 245 Å². The molecular formula is C28H63NO8Si2. The molecular weight excluding hydrogens is 534 g/mol. The molecule has 0 fully saturated rings. The van der Waals surface area contributed by atoms with Crippen molar-refractivity contribution in [3.63, 3.8) is 0 Å². The van der Waals surface area contributed by atoms with Gasteiger partial charge >= 0.3 is 0 Å². The van der Waals surface area contributed by atoms with Crippen molar-refractivity contribution >= 4 is 20.5 Å². The molecule has 2 atom stereocenters. The second-order valence-electron chi connectivity index (χ2n) is 9.67. The van der Waals surface area contributed by atoms with Crippen molar-refractivity contribution in [1.29, 1.82) is 0 Å². The maximum atomic E-state index is 6.53. The Morgan fingerprint density at radius 2 is 0.718 bits per heavy atom. The summed E-state index contributed by atoms with van der Waals surface area (Å²) >= 11 is 0. The second-order valence-corrected chi connectivity index (χ2v) is 12.3. The zero-order valence-electron chi connectivity index (χ0n) is 27.1. The molecule has 1 N–H and O–H groups in total. The summed E-state index contributed by atoms with van der Waals surface area (Å²) in [6.45, 7) is 19.3. The molecule has 0 rings (SSSR count). The lowest BCUT2D eigenvalue weighted by Gasteiger charge is -2.54. The fraction of sp³-hybridized carbons (Fsp3) is 1.00. The van der Waals surface area contributed by atoms with Gasteiger partial charge in [-0.05, 0) is 54.4 Å². The van der Waals surface area contributed by atoms with Crippen LogP contribution in [-0.2, 0) is 37.9 Å². The van der Waals surface area contributed by atoms with E-state index in [0.29, 0.717) is 73.3 Å². The minimum atomic E-state index is -1.54. The zero-order valence-corrected chi connectivity index (χ0v) is 31.1. The van der Waals surface area contributed by atoms with Crippen LogP contribution in [0.1, 0.15) is 107 Å². The van der Waals surface area contributed by atoms with Crippen LogP contribution in [0.4, 0.5) is 0 Å². The van der Waals surface area contributed by atoms with Crippen LogP contribution in [0.5, 0.6) is 0 Å². The lowest BCUT2D eigenvalue weighted by molar-refractivity contribution is -0.453. The van der Waals surface area contributed by atoms with Gasteiger partial charge < -0.3 is 37.9 Å². The van der Waals surface area contributed by atoms with Crippen LogP contribution in [-0.4, -0.2) is 96.0 Å². The SMILES string of the molecule is CCCCCCOC([SiH3])(OCC)C(NC(OCC)(OCC)C([SiH3])(OCC)OCCCCCC)(OCC)OCC. The van der Waals surface area contributed by atoms with Crippen LogP contribution in [0.25, 0.3) is 0 Å². The molecule has 11 heteroatoms. The standard InChI is InChI=1S/C28H63NO8Si2/c1-9-17-19-21-23-36-27(38,34-15-7)25(30-11-3,31-12-4)29-26(32-13-5,33-14-6)28(39,35-16-8)37-24-22-20-18-10-2/h29H,9-24H2,1-8,38-39H3. The molecule has 0 radical (unpaired) electrons. The van der Waals surface area contributed by atoms with Crippen molar-refractivity contribution in [2.45, 2.75) is 129 Å². The summed E-state index contributed by atoms with van der Waals surface area (Å²) in [5.74, 6) is -3.07. The van der Waals surface area contributed by atoms with Gasteiger partial charge in [0.05, 0.1) is 20.5 Å². The predicted molar refractivity (Wildman–Crippen MR) is 164 cm³/mol. The smallest absolute Gasteiger partial charge is 0.283 e. The largest absolute Gasteiger partial charge is 0.349 e. The van der Waals surface area contributed by atoms with Gasteiger partial charge in [0, 0.05) is 52.9 Å². The van der Waals surface area contributed by atoms with E-state index in [1.54, 1.807) is 0 Å². The van der Waals surface area contributed by atoms with Crippen molar-refractivity contribution in [2.75, 3.05) is 52.9 Å². The Balaban J connectivity index is 6.70. The van der Waals surface area contributed by atoms with Gasteiger partial charge in [0.15, 0.2) is 0 Å². The normalized spacial score (nSPS) is 16.0. The average Bonchev–Trinajstić information content (AvgIpc) is 2.89. The van der Waals surface area contributed by atoms with E-state index in [1.165, 1.54) is 0 Å². The predicted octanol–water partition coefficient (Wildman–Crippen LogP) is 3.33. The van der Waals surface area contributed by atoms with Gasteiger partial charge in [-0.1, -0.05) is 52.4 Å². The molecule has 0 saturated carbocycles. The lowest BCUT2D eigenvalue weighted by atomic mass is 10.2. The highest BCUT2D eigenvalue weighted by Crippen LogP contribution is 2.37. The molecule has 9 nitrogen and oxygen atoms in total.